The van der Waals surface area contributed by atoms with Crippen molar-refractivity contribution in [1.82, 2.24) is 10.6 Å². The van der Waals surface area contributed by atoms with E-state index in [0.29, 0.717) is 23.0 Å². The van der Waals surface area contributed by atoms with Gasteiger partial charge in [0.2, 0.25) is 5.91 Å². The van der Waals surface area contributed by atoms with Gasteiger partial charge in [0, 0.05) is 23.0 Å². The van der Waals surface area contributed by atoms with E-state index in [1.54, 1.807) is 24.3 Å². The molecule has 1 aliphatic heterocycles. The molecule has 2 amide bonds. The lowest BCUT2D eigenvalue weighted by atomic mass is 10.2. The summed E-state index contributed by atoms with van der Waals surface area (Å²) in [5.41, 5.74) is 6.65. The molecule has 1 unspecified atom stereocenters. The first-order chi connectivity index (χ1) is 9.65. The van der Waals surface area contributed by atoms with Crippen LogP contribution in [-0.2, 0) is 4.79 Å². The second-order valence-electron chi connectivity index (χ2n) is 4.74. The molecule has 1 fully saturated rings. The lowest BCUT2D eigenvalue weighted by Crippen LogP contribution is -2.39. The van der Waals surface area contributed by atoms with Gasteiger partial charge < -0.3 is 16.4 Å². The van der Waals surface area contributed by atoms with Gasteiger partial charge in [-0.25, -0.2) is 0 Å². The average Bonchev–Trinajstić information content (AvgIpc) is 2.96. The lowest BCUT2D eigenvalue weighted by Gasteiger charge is -2.10. The summed E-state index contributed by atoms with van der Waals surface area (Å²) in [6.45, 7) is 0.682. The molecule has 0 aliphatic carbocycles. The predicted octanol–water partition coefficient (Wildman–Crippen LogP) is 1.01. The molecular weight excluding hydrogens is 274 g/mol. The van der Waals surface area contributed by atoms with Crippen LogP contribution in [0.4, 0.5) is 5.69 Å². The number of nitrogen functional groups attached to an aromatic ring is 1. The number of hydrogen-bond donors (Lipinski definition) is 3. The van der Waals surface area contributed by atoms with Crippen LogP contribution in [0.15, 0.2) is 24.3 Å². The Morgan fingerprint density at radius 1 is 1.25 bits per heavy atom. The number of thioether (sulfide) groups is 1. The van der Waals surface area contributed by atoms with Crippen LogP contribution in [0.1, 0.15) is 23.2 Å². The van der Waals surface area contributed by atoms with Crippen LogP contribution < -0.4 is 16.4 Å². The van der Waals surface area contributed by atoms with Crippen molar-refractivity contribution in [3.63, 3.8) is 0 Å². The molecule has 0 radical (unpaired) electrons. The molecule has 5 nitrogen and oxygen atoms in total. The zero-order valence-electron chi connectivity index (χ0n) is 11.2. The molecule has 1 aromatic rings. The van der Waals surface area contributed by atoms with E-state index in [1.807, 2.05) is 11.8 Å². The van der Waals surface area contributed by atoms with Gasteiger partial charge >= 0.3 is 0 Å². The number of anilines is 1. The van der Waals surface area contributed by atoms with Gasteiger partial charge in [-0.1, -0.05) is 0 Å². The molecule has 1 aliphatic rings. The van der Waals surface area contributed by atoms with Crippen LogP contribution in [-0.4, -0.2) is 35.9 Å². The van der Waals surface area contributed by atoms with Crippen LogP contribution in [0.25, 0.3) is 0 Å². The van der Waals surface area contributed by atoms with Gasteiger partial charge in [0.15, 0.2) is 0 Å². The number of carbonyl (C=O) groups excluding carboxylic acids is 2. The fraction of sp³-hybridized carbons (Fsp3) is 0.429. The van der Waals surface area contributed by atoms with Crippen LogP contribution in [0.3, 0.4) is 0 Å². The summed E-state index contributed by atoms with van der Waals surface area (Å²) in [4.78, 5) is 23.4. The number of rotatable bonds is 5. The van der Waals surface area contributed by atoms with Gasteiger partial charge in [-0.3, -0.25) is 9.59 Å². The first-order valence-electron chi connectivity index (χ1n) is 6.67. The highest BCUT2D eigenvalue weighted by Gasteiger charge is 2.16. The quantitative estimate of drug-likeness (QED) is 0.707. The van der Waals surface area contributed by atoms with E-state index >= 15 is 0 Å². The smallest absolute Gasteiger partial charge is 0.251 e. The van der Waals surface area contributed by atoms with E-state index in [4.69, 9.17) is 5.73 Å². The van der Waals surface area contributed by atoms with E-state index in [-0.39, 0.29) is 18.4 Å². The molecule has 0 bridgehead atoms. The Morgan fingerprint density at radius 2 is 2.00 bits per heavy atom. The van der Waals surface area contributed by atoms with Crippen molar-refractivity contribution in [2.75, 3.05) is 24.6 Å². The topological polar surface area (TPSA) is 84.2 Å². The molecule has 1 heterocycles. The monoisotopic (exact) mass is 293 g/mol. The zero-order valence-corrected chi connectivity index (χ0v) is 12.0. The number of nitrogens with two attached hydrogens (primary N) is 1. The van der Waals surface area contributed by atoms with Crippen molar-refractivity contribution in [2.24, 2.45) is 0 Å². The maximum absolute atomic E-state index is 11.8. The lowest BCUT2D eigenvalue weighted by molar-refractivity contribution is -0.120. The third kappa shape index (κ3) is 4.45. The van der Waals surface area contributed by atoms with Gasteiger partial charge in [-0.15, -0.1) is 0 Å². The molecule has 0 saturated carbocycles. The largest absolute Gasteiger partial charge is 0.399 e. The molecule has 1 aromatic carbocycles. The number of nitrogens with one attached hydrogen (secondary N) is 2. The van der Waals surface area contributed by atoms with Crippen LogP contribution in [0.2, 0.25) is 0 Å². The molecule has 4 N–H and O–H groups in total. The van der Waals surface area contributed by atoms with Crippen LogP contribution in [0.5, 0.6) is 0 Å². The highest BCUT2D eigenvalue weighted by Crippen LogP contribution is 2.25. The minimum atomic E-state index is -0.268. The number of carbonyl (C=O) groups is 2. The second kappa shape index (κ2) is 7.19. The summed E-state index contributed by atoms with van der Waals surface area (Å²) in [5.74, 6) is 0.755. The predicted molar refractivity (Wildman–Crippen MR) is 81.7 cm³/mol. The van der Waals surface area contributed by atoms with Gasteiger partial charge in [-0.2, -0.15) is 11.8 Å². The molecule has 1 saturated heterocycles. The first-order valence-corrected chi connectivity index (χ1v) is 7.72. The molecular formula is C14H19N3O2S. The number of hydrogen-bond acceptors (Lipinski definition) is 4. The molecule has 20 heavy (non-hydrogen) atoms. The summed E-state index contributed by atoms with van der Waals surface area (Å²) < 4.78 is 0. The van der Waals surface area contributed by atoms with Crippen molar-refractivity contribution in [3.05, 3.63) is 29.8 Å². The zero-order chi connectivity index (χ0) is 14.4. The third-order valence-corrected chi connectivity index (χ3v) is 4.53. The number of amides is 2. The van der Waals surface area contributed by atoms with E-state index in [2.05, 4.69) is 10.6 Å². The van der Waals surface area contributed by atoms with E-state index in [1.165, 1.54) is 12.2 Å². The Kier molecular flexibility index (Phi) is 5.29. The fourth-order valence-electron chi connectivity index (χ4n) is 1.99. The third-order valence-electron chi connectivity index (χ3n) is 3.13. The minimum absolute atomic E-state index is 0.000592. The van der Waals surface area contributed by atoms with Crippen molar-refractivity contribution in [1.29, 1.82) is 0 Å². The summed E-state index contributed by atoms with van der Waals surface area (Å²) in [6.07, 6.45) is 2.38. The molecule has 2 rings (SSSR count). The van der Waals surface area contributed by atoms with E-state index in [9.17, 15) is 9.59 Å². The highest BCUT2D eigenvalue weighted by molar-refractivity contribution is 8.00. The average molecular weight is 293 g/mol. The second-order valence-corrected chi connectivity index (χ2v) is 6.15. The Morgan fingerprint density at radius 3 is 2.65 bits per heavy atom. The summed E-state index contributed by atoms with van der Waals surface area (Å²) >= 11 is 1.89. The minimum Gasteiger partial charge on any atom is -0.399 e. The van der Waals surface area contributed by atoms with Gasteiger partial charge in [0.05, 0.1) is 6.54 Å². The van der Waals surface area contributed by atoms with Gasteiger partial charge in [-0.05, 0) is 42.9 Å². The van der Waals surface area contributed by atoms with Crippen molar-refractivity contribution in [3.8, 4) is 0 Å². The van der Waals surface area contributed by atoms with Crippen molar-refractivity contribution < 1.29 is 9.59 Å². The standard InChI is InChI=1S/C14H19N3O2S/c15-11-5-3-10(4-6-11)14(19)17-9-13(18)16-8-12-2-1-7-20-12/h3-6,12H,1-2,7-9,15H2,(H,16,18)(H,17,19). The Labute approximate surface area is 122 Å². The molecule has 6 heteroatoms. The highest BCUT2D eigenvalue weighted by atomic mass is 32.2. The summed E-state index contributed by atoms with van der Waals surface area (Å²) in [6, 6.07) is 6.59. The van der Waals surface area contributed by atoms with E-state index < -0.39 is 0 Å². The molecule has 0 spiro atoms. The first kappa shape index (κ1) is 14.7. The summed E-state index contributed by atoms with van der Waals surface area (Å²) in [7, 11) is 0. The Bertz CT molecular complexity index is 470. The Balaban J connectivity index is 1.69. The van der Waals surface area contributed by atoms with Crippen LogP contribution >= 0.6 is 11.8 Å². The Hall–Kier alpha value is -1.69. The normalized spacial score (nSPS) is 17.7. The van der Waals surface area contributed by atoms with Crippen LogP contribution in [0, 0.1) is 0 Å². The maximum Gasteiger partial charge on any atom is 0.251 e. The molecule has 1 atom stereocenters. The van der Waals surface area contributed by atoms with Gasteiger partial charge in [0.25, 0.3) is 5.91 Å². The number of benzene rings is 1. The van der Waals surface area contributed by atoms with Gasteiger partial charge in [0.1, 0.15) is 0 Å². The molecule has 0 aromatic heterocycles. The van der Waals surface area contributed by atoms with E-state index in [0.717, 1.165) is 6.42 Å². The molecule has 108 valence electrons. The SMILES string of the molecule is Nc1ccc(C(=O)NCC(=O)NCC2CCCS2)cc1. The summed E-state index contributed by atoms with van der Waals surface area (Å²) in [5, 5.41) is 5.96. The van der Waals surface area contributed by atoms with Crippen molar-refractivity contribution >= 4 is 29.3 Å². The fourth-order valence-corrected chi connectivity index (χ4v) is 3.19. The van der Waals surface area contributed by atoms with Crippen molar-refractivity contribution in [2.45, 2.75) is 18.1 Å². The maximum atomic E-state index is 11.8.